The maximum atomic E-state index is 6.58. The number of aliphatic imine (C=N–C) groups is 1. The Kier molecular flexibility index (Phi) is 2.42. The van der Waals surface area contributed by atoms with Crippen LogP contribution in [0.1, 0.15) is 24.1 Å². The number of nitrogens with two attached hydrogens (primary N) is 2. The van der Waals surface area contributed by atoms with Crippen molar-refractivity contribution >= 4 is 23.0 Å². The van der Waals surface area contributed by atoms with Crippen molar-refractivity contribution in [3.8, 4) is 10.6 Å². The van der Waals surface area contributed by atoms with Gasteiger partial charge in [0.2, 0.25) is 0 Å². The molecule has 3 heterocycles. The van der Waals surface area contributed by atoms with Crippen LogP contribution in [0.15, 0.2) is 23.3 Å². The van der Waals surface area contributed by atoms with Crippen molar-refractivity contribution in [1.29, 1.82) is 0 Å². The number of nitrogens with one attached hydrogen (secondary N) is 2. The van der Waals surface area contributed by atoms with Crippen LogP contribution < -0.4 is 16.8 Å². The lowest BCUT2D eigenvalue weighted by Gasteiger charge is -2.33. The van der Waals surface area contributed by atoms with Gasteiger partial charge >= 0.3 is 0 Å². The molecule has 20 heavy (non-hydrogen) atoms. The summed E-state index contributed by atoms with van der Waals surface area (Å²) in [5.41, 5.74) is 13.7. The lowest BCUT2D eigenvalue weighted by Crippen LogP contribution is -2.56. The minimum absolute atomic E-state index is 0.398. The fraction of sp³-hybridized carbons (Fsp3) is 0.385. The van der Waals surface area contributed by atoms with Gasteiger partial charge in [0.1, 0.15) is 5.66 Å². The van der Waals surface area contributed by atoms with E-state index in [1.807, 2.05) is 12.1 Å². The summed E-state index contributed by atoms with van der Waals surface area (Å²) >= 11 is 1.65. The molecule has 2 aromatic rings. The van der Waals surface area contributed by atoms with Crippen LogP contribution in [-0.4, -0.2) is 16.2 Å². The molecule has 4 rings (SSSR count). The van der Waals surface area contributed by atoms with E-state index in [0.717, 1.165) is 27.6 Å². The molecular formula is C13H16N6S. The molecule has 0 bridgehead atoms. The Morgan fingerprint density at radius 1 is 1.45 bits per heavy atom. The van der Waals surface area contributed by atoms with Gasteiger partial charge in [0.25, 0.3) is 0 Å². The average Bonchev–Trinajstić information content (AvgIpc) is 2.92. The van der Waals surface area contributed by atoms with Crippen LogP contribution >= 0.6 is 11.3 Å². The van der Waals surface area contributed by atoms with Crippen molar-refractivity contribution in [3.05, 3.63) is 23.2 Å². The molecule has 2 aliphatic rings. The summed E-state index contributed by atoms with van der Waals surface area (Å²) in [5.74, 6) is 1.10. The number of hydrogen-bond donors (Lipinski definition) is 4. The molecule has 6 nitrogen and oxygen atoms in total. The van der Waals surface area contributed by atoms with Gasteiger partial charge in [-0.3, -0.25) is 5.10 Å². The van der Waals surface area contributed by atoms with Gasteiger partial charge in [0, 0.05) is 6.20 Å². The Balaban J connectivity index is 1.79. The van der Waals surface area contributed by atoms with Crippen LogP contribution in [0.25, 0.3) is 10.6 Å². The first-order chi connectivity index (χ1) is 9.64. The molecule has 2 aromatic heterocycles. The number of fused-ring (bicyclic) bond motifs is 1. The summed E-state index contributed by atoms with van der Waals surface area (Å²) in [7, 11) is 0. The van der Waals surface area contributed by atoms with Gasteiger partial charge in [0.05, 0.1) is 21.1 Å². The summed E-state index contributed by atoms with van der Waals surface area (Å²) in [6.45, 7) is 0. The first-order valence-corrected chi connectivity index (χ1v) is 7.51. The van der Waals surface area contributed by atoms with E-state index in [0.29, 0.717) is 11.9 Å². The predicted octanol–water partition coefficient (Wildman–Crippen LogP) is 1.60. The van der Waals surface area contributed by atoms with Crippen molar-refractivity contribution < 1.29 is 0 Å². The Morgan fingerprint density at radius 2 is 2.30 bits per heavy atom. The molecule has 7 heteroatoms. The number of H-pyrrole nitrogens is 1. The predicted molar refractivity (Wildman–Crippen MR) is 79.5 cm³/mol. The highest BCUT2D eigenvalue weighted by Gasteiger charge is 2.40. The number of hydrogen-bond acceptors (Lipinski definition) is 6. The zero-order valence-corrected chi connectivity index (χ0v) is 11.7. The third-order valence-electron chi connectivity index (χ3n) is 3.78. The standard InChI is InChI=1S/C13H16N6S/c14-12-17-9-5-10(8-3-4-16-19-8)20-11(9)13(15,18-12)6-7-1-2-7/h3-5,7H,1-2,6,15H2,(H,16,19)(H3,14,17,18). The van der Waals surface area contributed by atoms with E-state index in [1.54, 1.807) is 17.5 Å². The first kappa shape index (κ1) is 11.9. The van der Waals surface area contributed by atoms with Crippen LogP contribution in [0.2, 0.25) is 0 Å². The average molecular weight is 288 g/mol. The highest BCUT2D eigenvalue weighted by molar-refractivity contribution is 7.16. The van der Waals surface area contributed by atoms with Crippen LogP contribution in [-0.2, 0) is 5.66 Å². The normalized spacial score (nSPS) is 24.9. The minimum Gasteiger partial charge on any atom is -0.370 e. The Labute approximate surface area is 120 Å². The number of aromatic nitrogens is 2. The van der Waals surface area contributed by atoms with Crippen molar-refractivity contribution in [3.63, 3.8) is 0 Å². The largest absolute Gasteiger partial charge is 0.370 e. The van der Waals surface area contributed by atoms with Crippen LogP contribution in [0.3, 0.4) is 0 Å². The van der Waals surface area contributed by atoms with Gasteiger partial charge in [-0.2, -0.15) is 5.10 Å². The molecular weight excluding hydrogens is 272 g/mol. The van der Waals surface area contributed by atoms with E-state index >= 15 is 0 Å². The third-order valence-corrected chi connectivity index (χ3v) is 5.12. The summed E-state index contributed by atoms with van der Waals surface area (Å²) in [4.78, 5) is 6.52. The Morgan fingerprint density at radius 3 is 3.00 bits per heavy atom. The molecule has 0 radical (unpaired) electrons. The summed E-state index contributed by atoms with van der Waals surface area (Å²) in [5, 5.41) is 10.1. The highest BCUT2D eigenvalue weighted by atomic mass is 32.1. The molecule has 0 spiro atoms. The van der Waals surface area contributed by atoms with Gasteiger partial charge in [-0.1, -0.05) is 12.8 Å². The topological polar surface area (TPSA) is 105 Å². The van der Waals surface area contributed by atoms with Crippen LogP contribution in [0.5, 0.6) is 0 Å². The fourth-order valence-electron chi connectivity index (χ4n) is 2.67. The lowest BCUT2D eigenvalue weighted by atomic mass is 9.99. The number of thiophene rings is 1. The van der Waals surface area contributed by atoms with E-state index in [1.165, 1.54) is 12.8 Å². The molecule has 1 unspecified atom stereocenters. The molecule has 1 fully saturated rings. The van der Waals surface area contributed by atoms with Crippen molar-refractivity contribution in [2.75, 3.05) is 0 Å². The SMILES string of the molecule is NC1=Nc2cc(-c3ccn[nH]3)sc2C(N)(CC2CC2)N1. The second-order valence-electron chi connectivity index (χ2n) is 5.54. The highest BCUT2D eigenvalue weighted by Crippen LogP contribution is 2.46. The van der Waals surface area contributed by atoms with Crippen LogP contribution in [0, 0.1) is 5.92 Å². The minimum atomic E-state index is -0.592. The van der Waals surface area contributed by atoms with E-state index in [4.69, 9.17) is 11.5 Å². The second-order valence-corrected chi connectivity index (χ2v) is 6.59. The molecule has 1 atom stereocenters. The smallest absolute Gasteiger partial charge is 0.195 e. The van der Waals surface area contributed by atoms with E-state index < -0.39 is 5.66 Å². The van der Waals surface area contributed by atoms with Crippen molar-refractivity contribution in [2.24, 2.45) is 22.4 Å². The fourth-order valence-corrected chi connectivity index (χ4v) is 3.81. The maximum absolute atomic E-state index is 6.58. The van der Waals surface area contributed by atoms with E-state index in [2.05, 4.69) is 20.5 Å². The van der Waals surface area contributed by atoms with Crippen LogP contribution in [0.4, 0.5) is 5.69 Å². The second kappa shape index (κ2) is 4.07. The monoisotopic (exact) mass is 288 g/mol. The molecule has 0 saturated heterocycles. The van der Waals surface area contributed by atoms with E-state index in [-0.39, 0.29) is 0 Å². The molecule has 1 aliphatic heterocycles. The molecule has 0 aromatic carbocycles. The molecule has 6 N–H and O–H groups in total. The Hall–Kier alpha value is -1.86. The van der Waals surface area contributed by atoms with Gasteiger partial charge in [-0.15, -0.1) is 11.3 Å². The van der Waals surface area contributed by atoms with Gasteiger partial charge in [-0.05, 0) is 24.5 Å². The third kappa shape index (κ3) is 1.90. The Bertz CT molecular complexity index is 669. The summed E-state index contributed by atoms with van der Waals surface area (Å²) < 4.78 is 0. The zero-order chi connectivity index (χ0) is 13.7. The molecule has 1 saturated carbocycles. The number of rotatable bonds is 3. The van der Waals surface area contributed by atoms with Gasteiger partial charge < -0.3 is 16.8 Å². The molecule has 1 aliphatic carbocycles. The first-order valence-electron chi connectivity index (χ1n) is 6.69. The van der Waals surface area contributed by atoms with Gasteiger partial charge in [0.15, 0.2) is 5.96 Å². The number of guanidine groups is 1. The summed E-state index contributed by atoms with van der Waals surface area (Å²) in [6.07, 6.45) is 5.15. The molecule has 0 amide bonds. The molecule has 104 valence electrons. The summed E-state index contributed by atoms with van der Waals surface area (Å²) in [6, 6.07) is 3.96. The van der Waals surface area contributed by atoms with Crippen molar-refractivity contribution in [1.82, 2.24) is 15.5 Å². The van der Waals surface area contributed by atoms with Crippen molar-refractivity contribution in [2.45, 2.75) is 24.9 Å². The van der Waals surface area contributed by atoms with Gasteiger partial charge in [-0.25, -0.2) is 4.99 Å². The lowest BCUT2D eigenvalue weighted by molar-refractivity contribution is 0.357. The number of aromatic amines is 1. The quantitative estimate of drug-likeness (QED) is 0.688. The maximum Gasteiger partial charge on any atom is 0.195 e. The zero-order valence-electron chi connectivity index (χ0n) is 10.9. The number of nitrogens with zero attached hydrogens (tertiary/aromatic N) is 2. The van der Waals surface area contributed by atoms with E-state index in [9.17, 15) is 0 Å².